The van der Waals surface area contributed by atoms with Gasteiger partial charge in [-0.1, -0.05) is 19.4 Å². The minimum Gasteiger partial charge on any atom is -0.439 e. The van der Waals surface area contributed by atoms with E-state index in [4.69, 9.17) is 14.5 Å². The highest BCUT2D eigenvalue weighted by atomic mass is 32.3. The average Bonchev–Trinajstić information content (AvgIpc) is 3.39. The van der Waals surface area contributed by atoms with Gasteiger partial charge in [0.25, 0.3) is 0 Å². The van der Waals surface area contributed by atoms with E-state index in [9.17, 15) is 0 Å². The van der Waals surface area contributed by atoms with Crippen molar-refractivity contribution in [3.8, 4) is 22.9 Å². The van der Waals surface area contributed by atoms with Crippen LogP contribution >= 0.6 is 10.0 Å². The van der Waals surface area contributed by atoms with Gasteiger partial charge in [-0.15, -0.1) is 0 Å². The number of benzene rings is 1. The molecule has 0 aliphatic carbocycles. The van der Waals surface area contributed by atoms with E-state index in [1.54, 1.807) is 6.20 Å². The summed E-state index contributed by atoms with van der Waals surface area (Å²) in [6, 6.07) is 16.6. The Hall–Kier alpha value is -2.98. The number of ether oxygens (including phenoxy) is 2. The molecule has 218 valence electrons. The first-order valence-electron chi connectivity index (χ1n) is 13.9. The highest BCUT2D eigenvalue weighted by Gasteiger charge is 2.14. The van der Waals surface area contributed by atoms with Crippen LogP contribution in [0.1, 0.15) is 26.9 Å². The quantitative estimate of drug-likeness (QED) is 0.176. The Morgan fingerprint density at radius 2 is 1.95 bits per heavy atom. The summed E-state index contributed by atoms with van der Waals surface area (Å²) >= 11 is 0. The molecule has 1 atom stereocenters. The lowest BCUT2D eigenvalue weighted by Crippen LogP contribution is -2.38. The summed E-state index contributed by atoms with van der Waals surface area (Å²) in [6.07, 6.45) is 12.8. The van der Waals surface area contributed by atoms with Gasteiger partial charge in [0.15, 0.2) is 0 Å². The number of likely N-dealkylation sites (N-methyl/N-ethyl adjacent to an activating group) is 2. The molecule has 0 radical (unpaired) electrons. The molecule has 3 aromatic heterocycles. The lowest BCUT2D eigenvalue weighted by Gasteiger charge is -2.27. The summed E-state index contributed by atoms with van der Waals surface area (Å²) in [7, 11) is 3.62. The predicted molar refractivity (Wildman–Crippen MR) is 170 cm³/mol. The number of nitrogens with zero attached hydrogens (tertiary/aromatic N) is 5. The molecule has 0 aliphatic rings. The SMILES string of the molecule is CCCC(CNC)N(C)Cc1ccc2cc(Oc3ccc(-c4ccnn4COCCS(C)(C)C)cn3)ccc2n1.[HH]. The zero-order chi connectivity index (χ0) is 28.5. The molecule has 4 aromatic rings. The molecule has 40 heavy (non-hydrogen) atoms. The van der Waals surface area contributed by atoms with Crippen molar-refractivity contribution in [2.45, 2.75) is 39.1 Å². The number of hydrogen-bond donors (Lipinski definition) is 1. The van der Waals surface area contributed by atoms with Crippen LogP contribution in [0.5, 0.6) is 11.6 Å². The Bertz CT molecular complexity index is 1350. The molecule has 0 saturated heterocycles. The Labute approximate surface area is 241 Å². The fourth-order valence-electron chi connectivity index (χ4n) is 4.58. The molecular weight excluding hydrogens is 520 g/mol. The normalized spacial score (nSPS) is 13.2. The molecule has 0 saturated carbocycles. The highest BCUT2D eigenvalue weighted by Crippen LogP contribution is 2.33. The predicted octanol–water partition coefficient (Wildman–Crippen LogP) is 6.02. The van der Waals surface area contributed by atoms with Gasteiger partial charge in [0.2, 0.25) is 5.88 Å². The maximum absolute atomic E-state index is 6.08. The van der Waals surface area contributed by atoms with Gasteiger partial charge in [0.1, 0.15) is 12.5 Å². The molecule has 1 N–H and O–H groups in total. The largest absolute Gasteiger partial charge is 0.439 e. The van der Waals surface area contributed by atoms with E-state index in [2.05, 4.69) is 65.2 Å². The van der Waals surface area contributed by atoms with Crippen molar-refractivity contribution in [3.05, 3.63) is 66.6 Å². The lowest BCUT2D eigenvalue weighted by atomic mass is 10.1. The fraction of sp³-hybridized carbons (Fsp3) is 0.452. The van der Waals surface area contributed by atoms with Gasteiger partial charge in [-0.2, -0.15) is 5.10 Å². The molecule has 8 nitrogen and oxygen atoms in total. The molecule has 0 aliphatic heterocycles. The van der Waals surface area contributed by atoms with Crippen LogP contribution in [0.25, 0.3) is 22.2 Å². The molecule has 0 spiro atoms. The van der Waals surface area contributed by atoms with Crippen LogP contribution < -0.4 is 10.1 Å². The number of hydrogen-bond acceptors (Lipinski definition) is 7. The van der Waals surface area contributed by atoms with Gasteiger partial charge in [-0.05, 0) is 75.7 Å². The zero-order valence-corrected chi connectivity index (χ0v) is 25.6. The summed E-state index contributed by atoms with van der Waals surface area (Å²) in [4.78, 5) is 11.8. The van der Waals surface area contributed by atoms with Crippen molar-refractivity contribution >= 4 is 20.9 Å². The van der Waals surface area contributed by atoms with E-state index in [1.165, 1.54) is 6.42 Å². The first-order valence-corrected chi connectivity index (χ1v) is 16.9. The van der Waals surface area contributed by atoms with Gasteiger partial charge >= 0.3 is 0 Å². The third kappa shape index (κ3) is 8.51. The number of fused-ring (bicyclic) bond motifs is 1. The van der Waals surface area contributed by atoms with Crippen LogP contribution in [-0.4, -0.2) is 82.5 Å². The first-order chi connectivity index (χ1) is 19.3. The molecule has 1 aromatic carbocycles. The van der Waals surface area contributed by atoms with Crippen molar-refractivity contribution in [2.75, 3.05) is 51.8 Å². The Kier molecular flexibility index (Phi) is 10.6. The zero-order valence-electron chi connectivity index (χ0n) is 24.8. The molecule has 0 fully saturated rings. The van der Waals surface area contributed by atoms with E-state index in [-0.39, 0.29) is 1.43 Å². The molecule has 4 rings (SSSR count). The Morgan fingerprint density at radius 3 is 2.67 bits per heavy atom. The number of rotatable bonds is 15. The summed E-state index contributed by atoms with van der Waals surface area (Å²) < 4.78 is 13.8. The van der Waals surface area contributed by atoms with Crippen molar-refractivity contribution in [1.29, 1.82) is 0 Å². The second-order valence-electron chi connectivity index (χ2n) is 11.1. The second kappa shape index (κ2) is 14.1. The van der Waals surface area contributed by atoms with Crippen molar-refractivity contribution in [3.63, 3.8) is 0 Å². The molecule has 9 heteroatoms. The maximum Gasteiger partial charge on any atom is 0.219 e. The van der Waals surface area contributed by atoms with Crippen LogP contribution in [0.15, 0.2) is 60.9 Å². The number of aromatic nitrogens is 4. The number of pyridine rings is 2. The summed E-state index contributed by atoms with van der Waals surface area (Å²) in [5.41, 5.74) is 3.96. The van der Waals surface area contributed by atoms with Crippen molar-refractivity contribution in [1.82, 2.24) is 30.0 Å². The van der Waals surface area contributed by atoms with Crippen molar-refractivity contribution < 1.29 is 10.9 Å². The second-order valence-corrected chi connectivity index (χ2v) is 15.7. The van der Waals surface area contributed by atoms with E-state index in [1.807, 2.05) is 54.3 Å². The topological polar surface area (TPSA) is 77.3 Å². The van der Waals surface area contributed by atoms with Crippen LogP contribution in [-0.2, 0) is 18.0 Å². The van der Waals surface area contributed by atoms with Crippen molar-refractivity contribution in [2.24, 2.45) is 0 Å². The van der Waals surface area contributed by atoms with E-state index in [0.717, 1.165) is 65.5 Å². The Morgan fingerprint density at radius 1 is 1.10 bits per heavy atom. The fourth-order valence-corrected chi connectivity index (χ4v) is 5.20. The van der Waals surface area contributed by atoms with Crippen LogP contribution in [0.4, 0.5) is 0 Å². The maximum atomic E-state index is 6.08. The summed E-state index contributed by atoms with van der Waals surface area (Å²) in [5, 5.41) is 8.77. The van der Waals surface area contributed by atoms with E-state index < -0.39 is 10.0 Å². The van der Waals surface area contributed by atoms with Gasteiger partial charge in [-0.25, -0.2) is 19.7 Å². The average molecular weight is 567 g/mol. The number of nitrogens with one attached hydrogen (secondary N) is 1. The molecule has 0 amide bonds. The lowest BCUT2D eigenvalue weighted by molar-refractivity contribution is 0.0821. The van der Waals surface area contributed by atoms with Gasteiger partial charge in [-0.3, -0.25) is 9.88 Å². The van der Waals surface area contributed by atoms with E-state index >= 15 is 0 Å². The van der Waals surface area contributed by atoms with Crippen LogP contribution in [0.2, 0.25) is 0 Å². The Balaban J connectivity index is 0.00000462. The summed E-state index contributed by atoms with van der Waals surface area (Å²) in [6.45, 7) is 5.19. The molecule has 1 unspecified atom stereocenters. The summed E-state index contributed by atoms with van der Waals surface area (Å²) in [5.74, 6) is 2.35. The highest BCUT2D eigenvalue weighted by molar-refractivity contribution is 8.32. The van der Waals surface area contributed by atoms with Crippen LogP contribution in [0, 0.1) is 0 Å². The van der Waals surface area contributed by atoms with Crippen LogP contribution in [0.3, 0.4) is 0 Å². The standard InChI is InChI=1S/C31H44N6O2S.H2/c1-7-8-27(21-32-2)36(3)22-26-11-9-24-19-28(12-13-29(24)35-26)39-31-14-10-25(20-33-31)30-15-16-34-37(30)23-38-17-18-40(4,5)6;/h9-16,19-20,27,32H,7-8,17-18,21-23H2,1-6H3;1H. The van der Waals surface area contributed by atoms with Gasteiger partial charge in [0.05, 0.1) is 23.5 Å². The molecule has 0 bridgehead atoms. The molecule has 3 heterocycles. The third-order valence-corrected chi connectivity index (χ3v) is 8.23. The first kappa shape index (κ1) is 30.0. The minimum atomic E-state index is -0.569. The van der Waals surface area contributed by atoms with Gasteiger partial charge in [0, 0.05) is 55.7 Å². The monoisotopic (exact) mass is 566 g/mol. The van der Waals surface area contributed by atoms with Gasteiger partial charge < -0.3 is 14.8 Å². The smallest absolute Gasteiger partial charge is 0.219 e. The van der Waals surface area contributed by atoms with E-state index in [0.29, 0.717) is 18.7 Å². The minimum absolute atomic E-state index is 0. The molecular formula is C31H46N6O2S. The third-order valence-electron chi connectivity index (χ3n) is 6.84.